The van der Waals surface area contributed by atoms with Gasteiger partial charge in [0.15, 0.2) is 0 Å². The van der Waals surface area contributed by atoms with Crippen LogP contribution in [-0.4, -0.2) is 38.1 Å². The van der Waals surface area contributed by atoms with Gasteiger partial charge in [-0.2, -0.15) is 0 Å². The number of nitrogens with zero attached hydrogens (tertiary/aromatic N) is 1. The topological polar surface area (TPSA) is 54.5 Å². The smallest absolute Gasteiger partial charge is 0.232 e. The van der Waals surface area contributed by atoms with Gasteiger partial charge in [-0.3, -0.25) is 4.79 Å². The van der Waals surface area contributed by atoms with E-state index in [-0.39, 0.29) is 17.6 Å². The monoisotopic (exact) mass is 225 g/mol. The van der Waals surface area contributed by atoms with E-state index in [4.69, 9.17) is 10.7 Å². The Balaban J connectivity index is 2.54. The summed E-state index contributed by atoms with van der Waals surface area (Å²) in [4.78, 5) is 12.8. The number of rotatable bonds is 3. The molecular weight excluding hydrogens is 214 g/mol. The molecule has 0 bridgehead atoms. The molecule has 1 saturated heterocycles. The summed E-state index contributed by atoms with van der Waals surface area (Å²) in [5.74, 6) is -0.209. The maximum absolute atomic E-state index is 11.2. The highest BCUT2D eigenvalue weighted by molar-refractivity contribution is 8.13. The lowest BCUT2D eigenvalue weighted by Crippen LogP contribution is -2.25. The Bertz CT molecular complexity index is 301. The van der Waals surface area contributed by atoms with Gasteiger partial charge in [0.25, 0.3) is 0 Å². The number of carbonyl (C=O) groups excluding carboxylic acids is 1. The largest absolute Gasteiger partial charge is 0.343 e. The summed E-state index contributed by atoms with van der Waals surface area (Å²) in [6, 6.07) is 0. The molecule has 0 N–H and O–H groups in total. The van der Waals surface area contributed by atoms with Crippen LogP contribution in [-0.2, 0) is 13.8 Å². The minimum atomic E-state index is -3.47. The van der Waals surface area contributed by atoms with Gasteiger partial charge >= 0.3 is 0 Å². The number of carbonyl (C=O) groups is 1. The summed E-state index contributed by atoms with van der Waals surface area (Å²) in [5, 5.41) is 0. The van der Waals surface area contributed by atoms with Crippen LogP contribution in [0.5, 0.6) is 0 Å². The van der Waals surface area contributed by atoms with E-state index < -0.39 is 9.05 Å². The van der Waals surface area contributed by atoms with Crippen molar-refractivity contribution in [3.8, 4) is 0 Å². The maximum atomic E-state index is 11.2. The van der Waals surface area contributed by atoms with Crippen LogP contribution in [0.25, 0.3) is 0 Å². The maximum Gasteiger partial charge on any atom is 0.232 e. The molecule has 1 aliphatic rings. The molecule has 1 amide bonds. The summed E-state index contributed by atoms with van der Waals surface area (Å²) < 4.78 is 21.4. The number of likely N-dealkylation sites (tertiary alicyclic amines) is 1. The fraction of sp³-hybridized carbons (Fsp3) is 0.857. The van der Waals surface area contributed by atoms with Crippen LogP contribution in [0.3, 0.4) is 0 Å². The molecule has 13 heavy (non-hydrogen) atoms. The number of halogens is 1. The van der Waals surface area contributed by atoms with Crippen LogP contribution in [0.15, 0.2) is 0 Å². The Kier molecular flexibility index (Phi) is 3.18. The molecule has 0 aliphatic carbocycles. The van der Waals surface area contributed by atoms with Crippen LogP contribution in [0.4, 0.5) is 0 Å². The highest BCUT2D eigenvalue weighted by Gasteiger charge is 2.31. The summed E-state index contributed by atoms with van der Waals surface area (Å²) >= 11 is 0. The Hall–Kier alpha value is -0.290. The molecule has 0 radical (unpaired) electrons. The molecule has 1 aliphatic heterocycles. The van der Waals surface area contributed by atoms with Gasteiger partial charge in [-0.15, -0.1) is 0 Å². The molecule has 1 fully saturated rings. The third kappa shape index (κ3) is 3.15. The molecule has 1 unspecified atom stereocenters. The zero-order valence-corrected chi connectivity index (χ0v) is 8.94. The third-order valence-corrected chi connectivity index (χ3v) is 3.36. The van der Waals surface area contributed by atoms with Gasteiger partial charge < -0.3 is 4.90 Å². The molecule has 4 nitrogen and oxygen atoms in total. The van der Waals surface area contributed by atoms with Crippen molar-refractivity contribution in [2.45, 2.75) is 13.3 Å². The molecule has 1 atom stereocenters. The van der Waals surface area contributed by atoms with Crippen molar-refractivity contribution in [3.05, 3.63) is 0 Å². The fourth-order valence-corrected chi connectivity index (χ4v) is 2.87. The highest BCUT2D eigenvalue weighted by atomic mass is 35.7. The first kappa shape index (κ1) is 10.8. The Labute approximate surface area is 82.3 Å². The van der Waals surface area contributed by atoms with E-state index in [1.165, 1.54) is 0 Å². The second-order valence-corrected chi connectivity index (χ2v) is 6.03. The molecule has 0 spiro atoms. The van der Waals surface area contributed by atoms with Crippen molar-refractivity contribution >= 4 is 25.6 Å². The number of amides is 1. The zero-order chi connectivity index (χ0) is 10.1. The minimum Gasteiger partial charge on any atom is -0.343 e. The van der Waals surface area contributed by atoms with Gasteiger partial charge in [-0.1, -0.05) is 0 Å². The predicted molar refractivity (Wildman–Crippen MR) is 50.0 cm³/mol. The lowest BCUT2D eigenvalue weighted by Gasteiger charge is -2.12. The molecular formula is C7H12ClNO3S. The van der Waals surface area contributed by atoms with Crippen LogP contribution >= 0.6 is 10.7 Å². The molecule has 6 heteroatoms. The van der Waals surface area contributed by atoms with Crippen molar-refractivity contribution in [2.24, 2.45) is 5.92 Å². The average molecular weight is 226 g/mol. The van der Waals surface area contributed by atoms with Crippen molar-refractivity contribution in [2.75, 3.05) is 18.8 Å². The van der Waals surface area contributed by atoms with Crippen LogP contribution in [0, 0.1) is 5.92 Å². The molecule has 76 valence electrons. The zero-order valence-electron chi connectivity index (χ0n) is 7.36. The Morgan fingerprint density at radius 3 is 2.62 bits per heavy atom. The molecule has 0 aromatic carbocycles. The first-order valence-corrected chi connectivity index (χ1v) is 6.60. The third-order valence-electron chi connectivity index (χ3n) is 2.11. The Morgan fingerprint density at radius 2 is 2.23 bits per heavy atom. The molecule has 0 aromatic heterocycles. The van der Waals surface area contributed by atoms with Gasteiger partial charge in [0.1, 0.15) is 0 Å². The van der Waals surface area contributed by atoms with Crippen LogP contribution in [0.1, 0.15) is 13.3 Å². The normalized spacial score (nSPS) is 24.0. The van der Waals surface area contributed by atoms with Crippen molar-refractivity contribution in [1.29, 1.82) is 0 Å². The molecule has 1 heterocycles. The SMILES string of the molecule is CCN1CC(CS(=O)(=O)Cl)CC1=O. The van der Waals surface area contributed by atoms with Gasteiger partial charge in [0.2, 0.25) is 15.0 Å². The van der Waals surface area contributed by atoms with Gasteiger partial charge in [0.05, 0.1) is 5.75 Å². The summed E-state index contributed by atoms with van der Waals surface area (Å²) in [7, 11) is 1.62. The molecule has 0 aromatic rings. The lowest BCUT2D eigenvalue weighted by molar-refractivity contribution is -0.127. The van der Waals surface area contributed by atoms with E-state index in [0.29, 0.717) is 19.5 Å². The number of hydrogen-bond donors (Lipinski definition) is 0. The second kappa shape index (κ2) is 3.84. The van der Waals surface area contributed by atoms with Crippen LogP contribution in [0.2, 0.25) is 0 Å². The lowest BCUT2D eigenvalue weighted by atomic mass is 10.1. The van der Waals surface area contributed by atoms with Crippen LogP contribution < -0.4 is 0 Å². The van der Waals surface area contributed by atoms with E-state index in [2.05, 4.69) is 0 Å². The van der Waals surface area contributed by atoms with E-state index >= 15 is 0 Å². The standard InChI is InChI=1S/C7H12ClNO3S/c1-2-9-4-6(3-7(9)10)5-13(8,11)12/h6H,2-5H2,1H3. The van der Waals surface area contributed by atoms with E-state index in [1.807, 2.05) is 6.92 Å². The fourth-order valence-electron chi connectivity index (χ4n) is 1.55. The second-order valence-electron chi connectivity index (χ2n) is 3.21. The Morgan fingerprint density at radius 1 is 1.62 bits per heavy atom. The van der Waals surface area contributed by atoms with Crippen molar-refractivity contribution in [3.63, 3.8) is 0 Å². The van der Waals surface area contributed by atoms with Crippen molar-refractivity contribution in [1.82, 2.24) is 4.90 Å². The van der Waals surface area contributed by atoms with E-state index in [9.17, 15) is 13.2 Å². The van der Waals surface area contributed by atoms with E-state index in [0.717, 1.165) is 0 Å². The predicted octanol–water partition coefficient (Wildman–Crippen LogP) is 0.423. The summed E-state index contributed by atoms with van der Waals surface area (Å²) in [6.07, 6.45) is 0.305. The molecule has 0 saturated carbocycles. The summed E-state index contributed by atoms with van der Waals surface area (Å²) in [5.41, 5.74) is 0. The first-order valence-electron chi connectivity index (χ1n) is 4.12. The first-order chi connectivity index (χ1) is 5.92. The minimum absolute atomic E-state index is 0.0211. The van der Waals surface area contributed by atoms with Gasteiger partial charge in [0, 0.05) is 36.1 Å². The summed E-state index contributed by atoms with van der Waals surface area (Å²) in [6.45, 7) is 3.02. The van der Waals surface area contributed by atoms with E-state index in [1.54, 1.807) is 4.90 Å². The average Bonchev–Trinajstić information content (AvgIpc) is 2.26. The highest BCUT2D eigenvalue weighted by Crippen LogP contribution is 2.20. The van der Waals surface area contributed by atoms with Gasteiger partial charge in [-0.25, -0.2) is 8.42 Å². The number of hydrogen-bond acceptors (Lipinski definition) is 3. The van der Waals surface area contributed by atoms with Gasteiger partial charge in [-0.05, 0) is 6.92 Å². The van der Waals surface area contributed by atoms with Crippen molar-refractivity contribution < 1.29 is 13.2 Å². The quantitative estimate of drug-likeness (QED) is 0.655. The molecule has 1 rings (SSSR count).